The first-order valence-electron chi connectivity index (χ1n) is 8.79. The lowest BCUT2D eigenvalue weighted by atomic mass is 9.86. The average Bonchev–Trinajstić information content (AvgIpc) is 3.13. The topological polar surface area (TPSA) is 49.2 Å². The molecule has 2 atom stereocenters. The first kappa shape index (κ1) is 17.6. The van der Waals surface area contributed by atoms with Crippen molar-refractivity contribution in [3.05, 3.63) is 71.5 Å². The van der Waals surface area contributed by atoms with Gasteiger partial charge in [0.05, 0.1) is 16.9 Å². The van der Waals surface area contributed by atoms with Crippen LogP contribution in [0.2, 0.25) is 0 Å². The number of hydrogen-bond acceptors (Lipinski definition) is 4. The van der Waals surface area contributed by atoms with Crippen LogP contribution in [0.15, 0.2) is 60.2 Å². The van der Waals surface area contributed by atoms with Crippen molar-refractivity contribution >= 4 is 22.6 Å². The van der Waals surface area contributed by atoms with Crippen LogP contribution < -0.4 is 0 Å². The summed E-state index contributed by atoms with van der Waals surface area (Å²) in [7, 11) is 1.72. The lowest BCUT2D eigenvalue weighted by Gasteiger charge is -2.37. The minimum atomic E-state index is -0.0375. The van der Waals surface area contributed by atoms with Gasteiger partial charge in [0, 0.05) is 36.4 Å². The third-order valence-electron chi connectivity index (χ3n) is 4.94. The molecular formula is C20H22IN3O2. The monoisotopic (exact) mass is 463 g/mol. The summed E-state index contributed by atoms with van der Waals surface area (Å²) in [6, 6.07) is 4.15. The molecule has 5 nitrogen and oxygen atoms in total. The van der Waals surface area contributed by atoms with E-state index in [9.17, 15) is 0 Å². The number of rotatable bonds is 4. The number of aromatic nitrogens is 3. The normalized spacial score (nSPS) is 25.3. The number of aryl methyl sites for hydroxylation is 1. The van der Waals surface area contributed by atoms with Crippen LogP contribution in [0.3, 0.4) is 0 Å². The van der Waals surface area contributed by atoms with Crippen LogP contribution in [0, 0.1) is 6.92 Å². The van der Waals surface area contributed by atoms with E-state index in [-0.39, 0.29) is 9.53 Å². The molecule has 0 N–H and O–H groups in total. The molecule has 0 amide bonds. The molecule has 2 aromatic heterocycles. The summed E-state index contributed by atoms with van der Waals surface area (Å²) in [5.41, 5.74) is 3.49. The van der Waals surface area contributed by atoms with Crippen molar-refractivity contribution in [3.8, 4) is 0 Å². The molecule has 26 heavy (non-hydrogen) atoms. The number of alkyl halides is 1. The molecule has 0 radical (unpaired) electrons. The van der Waals surface area contributed by atoms with E-state index in [1.54, 1.807) is 7.11 Å². The highest BCUT2D eigenvalue weighted by atomic mass is 127. The Labute approximate surface area is 167 Å². The fraction of sp³-hybridized carbons (Fsp3) is 0.400. The van der Waals surface area contributed by atoms with E-state index >= 15 is 0 Å². The Balaban J connectivity index is 1.58. The second-order valence-electron chi connectivity index (χ2n) is 6.97. The molecule has 0 fully saturated rings. The molecule has 136 valence electrons. The molecule has 2 unspecified atom stereocenters. The lowest BCUT2D eigenvalue weighted by molar-refractivity contribution is 0.0732. The van der Waals surface area contributed by atoms with E-state index in [0.717, 1.165) is 48.6 Å². The SMILES string of the molecule is COC1=CC(I)(Cn2ccnc2)CC2=C1OC(c1ccc(C)nc1)CC2. The number of allylic oxidation sites excluding steroid dienone is 2. The third-order valence-corrected chi connectivity index (χ3v) is 5.97. The van der Waals surface area contributed by atoms with Gasteiger partial charge in [-0.05, 0) is 43.9 Å². The van der Waals surface area contributed by atoms with Crippen molar-refractivity contribution in [2.45, 2.75) is 42.3 Å². The van der Waals surface area contributed by atoms with E-state index in [4.69, 9.17) is 9.47 Å². The molecule has 2 aromatic rings. The Morgan fingerprint density at radius 1 is 1.42 bits per heavy atom. The van der Waals surface area contributed by atoms with Gasteiger partial charge in [-0.25, -0.2) is 4.98 Å². The quantitative estimate of drug-likeness (QED) is 0.495. The van der Waals surface area contributed by atoms with Gasteiger partial charge in [-0.2, -0.15) is 0 Å². The van der Waals surface area contributed by atoms with Gasteiger partial charge in [-0.3, -0.25) is 4.98 Å². The van der Waals surface area contributed by atoms with Crippen molar-refractivity contribution in [2.24, 2.45) is 0 Å². The van der Waals surface area contributed by atoms with E-state index in [1.807, 2.05) is 37.9 Å². The fourth-order valence-corrected chi connectivity index (χ4v) is 4.79. The molecule has 6 heteroatoms. The number of methoxy groups -OCH3 is 1. The molecule has 0 saturated heterocycles. The Morgan fingerprint density at radius 3 is 3.00 bits per heavy atom. The van der Waals surface area contributed by atoms with Crippen LogP contribution >= 0.6 is 22.6 Å². The zero-order chi connectivity index (χ0) is 18.1. The van der Waals surface area contributed by atoms with Gasteiger partial charge in [0.1, 0.15) is 6.10 Å². The number of halogens is 1. The van der Waals surface area contributed by atoms with Gasteiger partial charge in [0.2, 0.25) is 0 Å². The first-order valence-corrected chi connectivity index (χ1v) is 9.87. The van der Waals surface area contributed by atoms with Gasteiger partial charge in [0.25, 0.3) is 0 Å². The smallest absolute Gasteiger partial charge is 0.161 e. The number of nitrogens with zero attached hydrogens (tertiary/aromatic N) is 3. The molecule has 1 aliphatic carbocycles. The summed E-state index contributed by atoms with van der Waals surface area (Å²) < 4.78 is 14.2. The minimum absolute atomic E-state index is 0.0375. The summed E-state index contributed by atoms with van der Waals surface area (Å²) in [5.74, 6) is 1.76. The van der Waals surface area contributed by atoms with Crippen LogP contribution in [0.1, 0.15) is 36.6 Å². The minimum Gasteiger partial charge on any atom is -0.493 e. The van der Waals surface area contributed by atoms with Crippen molar-refractivity contribution in [1.29, 1.82) is 0 Å². The van der Waals surface area contributed by atoms with Crippen molar-refractivity contribution < 1.29 is 9.47 Å². The average molecular weight is 463 g/mol. The molecule has 0 bridgehead atoms. The Morgan fingerprint density at radius 2 is 2.31 bits per heavy atom. The summed E-state index contributed by atoms with van der Waals surface area (Å²) in [5, 5.41) is 0. The second kappa shape index (κ2) is 7.06. The summed E-state index contributed by atoms with van der Waals surface area (Å²) >= 11 is 2.53. The van der Waals surface area contributed by atoms with E-state index in [1.165, 1.54) is 5.57 Å². The summed E-state index contributed by atoms with van der Waals surface area (Å²) in [6.45, 7) is 2.86. The van der Waals surface area contributed by atoms with Gasteiger partial charge < -0.3 is 14.0 Å². The number of ether oxygens (including phenoxy) is 2. The van der Waals surface area contributed by atoms with Crippen molar-refractivity contribution in [3.63, 3.8) is 0 Å². The second-order valence-corrected chi connectivity index (χ2v) is 9.12. The molecular weight excluding hydrogens is 441 g/mol. The highest BCUT2D eigenvalue weighted by Gasteiger charge is 2.38. The molecule has 3 heterocycles. The van der Waals surface area contributed by atoms with E-state index in [0.29, 0.717) is 0 Å². The van der Waals surface area contributed by atoms with Crippen LogP contribution in [0.4, 0.5) is 0 Å². The van der Waals surface area contributed by atoms with Crippen molar-refractivity contribution in [1.82, 2.24) is 14.5 Å². The van der Waals surface area contributed by atoms with Gasteiger partial charge in [0.15, 0.2) is 11.5 Å². The van der Waals surface area contributed by atoms with E-state index < -0.39 is 0 Å². The Hall–Kier alpha value is -1.83. The van der Waals surface area contributed by atoms with Crippen molar-refractivity contribution in [2.75, 3.05) is 7.11 Å². The maximum Gasteiger partial charge on any atom is 0.161 e. The molecule has 0 spiro atoms. The largest absolute Gasteiger partial charge is 0.493 e. The predicted molar refractivity (Wildman–Crippen MR) is 108 cm³/mol. The van der Waals surface area contributed by atoms with Crippen LogP contribution in [-0.2, 0) is 16.0 Å². The van der Waals surface area contributed by atoms with Gasteiger partial charge in [-0.1, -0.05) is 28.7 Å². The molecule has 2 aliphatic rings. The molecule has 0 aromatic carbocycles. The van der Waals surface area contributed by atoms with Crippen LogP contribution in [0.5, 0.6) is 0 Å². The highest BCUT2D eigenvalue weighted by Crippen LogP contribution is 2.46. The van der Waals surface area contributed by atoms with Crippen LogP contribution in [0.25, 0.3) is 0 Å². The Bertz CT molecular complexity index is 842. The van der Waals surface area contributed by atoms with Gasteiger partial charge in [-0.15, -0.1) is 0 Å². The standard InChI is InChI=1S/C20H22IN3O2/c1-14-3-4-16(11-23-14)17-6-5-15-9-20(21,12-24-8-7-22-13-24)10-18(25-2)19(15)26-17/h3-4,7-8,10-11,13,17H,5-6,9,12H2,1-2H3. The third kappa shape index (κ3) is 3.51. The first-order chi connectivity index (χ1) is 12.6. The number of imidazole rings is 1. The fourth-order valence-electron chi connectivity index (χ4n) is 3.65. The summed E-state index contributed by atoms with van der Waals surface area (Å²) in [6.07, 6.45) is 12.8. The maximum absolute atomic E-state index is 6.37. The van der Waals surface area contributed by atoms with E-state index in [2.05, 4.69) is 49.3 Å². The zero-order valence-electron chi connectivity index (χ0n) is 15.0. The predicted octanol–water partition coefficient (Wildman–Crippen LogP) is 4.50. The number of pyridine rings is 1. The Kier molecular flexibility index (Phi) is 4.77. The lowest BCUT2D eigenvalue weighted by Crippen LogP contribution is -2.31. The molecule has 1 aliphatic heterocycles. The molecule has 4 rings (SSSR count). The summed E-state index contributed by atoms with van der Waals surface area (Å²) in [4.78, 5) is 8.56. The number of hydrogen-bond donors (Lipinski definition) is 0. The zero-order valence-corrected chi connectivity index (χ0v) is 17.1. The molecule has 0 saturated carbocycles. The van der Waals surface area contributed by atoms with Crippen LogP contribution in [-0.4, -0.2) is 25.1 Å². The van der Waals surface area contributed by atoms with Gasteiger partial charge >= 0.3 is 0 Å². The highest BCUT2D eigenvalue weighted by molar-refractivity contribution is 14.1. The maximum atomic E-state index is 6.37.